The van der Waals surface area contributed by atoms with Crippen LogP contribution in [0.5, 0.6) is 0 Å². The number of hydrogen-bond acceptors (Lipinski definition) is 3. The molecule has 2 amide bonds. The molecule has 6 nitrogen and oxygen atoms in total. The van der Waals surface area contributed by atoms with Crippen molar-refractivity contribution in [2.45, 2.75) is 32.1 Å². The van der Waals surface area contributed by atoms with Gasteiger partial charge in [0.25, 0.3) is 5.91 Å². The van der Waals surface area contributed by atoms with E-state index < -0.39 is 11.9 Å². The van der Waals surface area contributed by atoms with Crippen molar-refractivity contribution in [1.82, 2.24) is 9.80 Å². The van der Waals surface area contributed by atoms with Crippen LogP contribution in [0.1, 0.15) is 40.7 Å². The van der Waals surface area contributed by atoms with Gasteiger partial charge in [0.15, 0.2) is 0 Å². The summed E-state index contributed by atoms with van der Waals surface area (Å²) in [4.78, 5) is 39.4. The molecule has 0 spiro atoms. The number of aliphatic carboxylic acids is 1. The van der Waals surface area contributed by atoms with E-state index in [4.69, 9.17) is 5.11 Å². The van der Waals surface area contributed by atoms with Crippen molar-refractivity contribution in [3.8, 4) is 0 Å². The standard InChI is InChI=1S/C19H24N2O4/c1-20(12-17(22)21-10-4-7-14(11-21)19(24)25)18(23)16-9-3-6-13-5-2-8-15(13)16/h3,6,9,14H,2,4-5,7-8,10-12H2,1H3,(H,24,25). The smallest absolute Gasteiger partial charge is 0.308 e. The summed E-state index contributed by atoms with van der Waals surface area (Å²) < 4.78 is 0. The maximum absolute atomic E-state index is 12.8. The van der Waals surface area contributed by atoms with E-state index in [1.54, 1.807) is 11.9 Å². The quantitative estimate of drug-likeness (QED) is 0.899. The van der Waals surface area contributed by atoms with Crippen LogP contribution in [0.15, 0.2) is 18.2 Å². The van der Waals surface area contributed by atoms with Gasteiger partial charge in [-0.2, -0.15) is 0 Å². The van der Waals surface area contributed by atoms with E-state index in [1.807, 2.05) is 12.1 Å². The van der Waals surface area contributed by atoms with Gasteiger partial charge in [0, 0.05) is 25.7 Å². The number of carbonyl (C=O) groups excluding carboxylic acids is 2. The van der Waals surface area contributed by atoms with E-state index in [0.29, 0.717) is 24.9 Å². The molecule has 1 heterocycles. The Morgan fingerprint density at radius 1 is 1.24 bits per heavy atom. The van der Waals surface area contributed by atoms with Crippen molar-refractivity contribution in [3.63, 3.8) is 0 Å². The van der Waals surface area contributed by atoms with E-state index >= 15 is 0 Å². The van der Waals surface area contributed by atoms with E-state index in [0.717, 1.165) is 24.8 Å². The molecule has 0 radical (unpaired) electrons. The van der Waals surface area contributed by atoms with Crippen molar-refractivity contribution in [2.75, 3.05) is 26.7 Å². The Balaban J connectivity index is 1.65. The van der Waals surface area contributed by atoms with Gasteiger partial charge in [0.2, 0.25) is 5.91 Å². The van der Waals surface area contributed by atoms with Gasteiger partial charge < -0.3 is 14.9 Å². The Bertz CT molecular complexity index is 701. The Kier molecular flexibility index (Phi) is 5.06. The molecule has 1 aromatic rings. The maximum Gasteiger partial charge on any atom is 0.308 e. The van der Waals surface area contributed by atoms with Gasteiger partial charge in [0.1, 0.15) is 0 Å². The monoisotopic (exact) mass is 344 g/mol. The second-order valence-corrected chi connectivity index (χ2v) is 6.98. The first kappa shape index (κ1) is 17.5. The van der Waals surface area contributed by atoms with Crippen LogP contribution in [-0.2, 0) is 22.4 Å². The Labute approximate surface area is 147 Å². The minimum absolute atomic E-state index is 0.0190. The molecule has 1 atom stereocenters. The fourth-order valence-electron chi connectivity index (χ4n) is 3.81. The average Bonchev–Trinajstić information content (AvgIpc) is 3.09. The van der Waals surface area contributed by atoms with Crippen LogP contribution in [0.25, 0.3) is 0 Å². The molecule has 1 aliphatic carbocycles. The average molecular weight is 344 g/mol. The first-order valence-electron chi connectivity index (χ1n) is 8.84. The molecule has 0 aromatic heterocycles. The molecule has 1 fully saturated rings. The lowest BCUT2D eigenvalue weighted by Gasteiger charge is -2.32. The highest BCUT2D eigenvalue weighted by Gasteiger charge is 2.29. The highest BCUT2D eigenvalue weighted by molar-refractivity contribution is 5.98. The Morgan fingerprint density at radius 2 is 2.04 bits per heavy atom. The van der Waals surface area contributed by atoms with Gasteiger partial charge in [-0.25, -0.2) is 0 Å². The largest absolute Gasteiger partial charge is 0.481 e. The van der Waals surface area contributed by atoms with Crippen molar-refractivity contribution in [1.29, 1.82) is 0 Å². The zero-order chi connectivity index (χ0) is 18.0. The van der Waals surface area contributed by atoms with Gasteiger partial charge >= 0.3 is 5.97 Å². The molecule has 1 saturated heterocycles. The van der Waals surface area contributed by atoms with Crippen LogP contribution >= 0.6 is 0 Å². The number of carbonyl (C=O) groups is 3. The number of carboxylic acids is 1. The highest BCUT2D eigenvalue weighted by atomic mass is 16.4. The summed E-state index contributed by atoms with van der Waals surface area (Å²) in [5, 5.41) is 9.14. The zero-order valence-electron chi connectivity index (χ0n) is 14.5. The molecule has 6 heteroatoms. The highest BCUT2D eigenvalue weighted by Crippen LogP contribution is 2.26. The number of rotatable bonds is 4. The van der Waals surface area contributed by atoms with Gasteiger partial charge in [-0.1, -0.05) is 12.1 Å². The summed E-state index contributed by atoms with van der Waals surface area (Å²) in [5.41, 5.74) is 3.02. The number of benzene rings is 1. The maximum atomic E-state index is 12.8. The molecule has 3 rings (SSSR count). The van der Waals surface area contributed by atoms with E-state index in [2.05, 4.69) is 6.07 Å². The van der Waals surface area contributed by atoms with Crippen LogP contribution in [0, 0.1) is 5.92 Å². The predicted octanol–water partition coefficient (Wildman–Crippen LogP) is 1.57. The van der Waals surface area contributed by atoms with Crippen LogP contribution in [0.2, 0.25) is 0 Å². The van der Waals surface area contributed by atoms with Crippen molar-refractivity contribution < 1.29 is 19.5 Å². The van der Waals surface area contributed by atoms with Crippen molar-refractivity contribution in [2.24, 2.45) is 5.92 Å². The number of aryl methyl sites for hydroxylation is 1. The number of carboxylic acid groups (broad SMARTS) is 1. The minimum atomic E-state index is -0.859. The minimum Gasteiger partial charge on any atom is -0.481 e. The Morgan fingerprint density at radius 3 is 2.80 bits per heavy atom. The summed E-state index contributed by atoms with van der Waals surface area (Å²) in [7, 11) is 1.63. The lowest BCUT2D eigenvalue weighted by Crippen LogP contribution is -2.47. The molecule has 134 valence electrons. The number of fused-ring (bicyclic) bond motifs is 1. The third kappa shape index (κ3) is 3.67. The first-order chi connectivity index (χ1) is 12.0. The lowest BCUT2D eigenvalue weighted by molar-refractivity contribution is -0.145. The molecule has 0 bridgehead atoms. The Hall–Kier alpha value is -2.37. The topological polar surface area (TPSA) is 77.9 Å². The number of piperidine rings is 1. The summed E-state index contributed by atoms with van der Waals surface area (Å²) in [6.45, 7) is 0.775. The van der Waals surface area contributed by atoms with Gasteiger partial charge in [-0.3, -0.25) is 14.4 Å². The van der Waals surface area contributed by atoms with Crippen LogP contribution in [-0.4, -0.2) is 59.4 Å². The number of amides is 2. The third-order valence-corrected chi connectivity index (χ3v) is 5.22. The fourth-order valence-corrected chi connectivity index (χ4v) is 3.81. The van der Waals surface area contributed by atoms with Crippen molar-refractivity contribution >= 4 is 17.8 Å². The molecular formula is C19H24N2O4. The van der Waals surface area contributed by atoms with E-state index in [9.17, 15) is 14.4 Å². The van der Waals surface area contributed by atoms with Crippen LogP contribution < -0.4 is 0 Å². The molecule has 25 heavy (non-hydrogen) atoms. The second kappa shape index (κ2) is 7.25. The number of hydrogen-bond donors (Lipinski definition) is 1. The normalized spacial score (nSPS) is 19.4. The third-order valence-electron chi connectivity index (χ3n) is 5.22. The molecule has 1 aliphatic heterocycles. The summed E-state index contributed by atoms with van der Waals surface area (Å²) in [6, 6.07) is 5.79. The predicted molar refractivity (Wildman–Crippen MR) is 92.4 cm³/mol. The summed E-state index contributed by atoms with van der Waals surface area (Å²) in [5.74, 6) is -1.69. The molecular weight excluding hydrogens is 320 g/mol. The second-order valence-electron chi connectivity index (χ2n) is 6.98. The number of likely N-dealkylation sites (tertiary alicyclic amines) is 1. The number of nitrogens with zero attached hydrogens (tertiary/aromatic N) is 2. The molecule has 2 aliphatic rings. The summed E-state index contributed by atoms with van der Waals surface area (Å²) >= 11 is 0. The zero-order valence-corrected chi connectivity index (χ0v) is 14.5. The fraction of sp³-hybridized carbons (Fsp3) is 0.526. The van der Waals surface area contributed by atoms with Crippen LogP contribution in [0.4, 0.5) is 0 Å². The SMILES string of the molecule is CN(CC(=O)N1CCCC(C(=O)O)C1)C(=O)c1cccc2c1CCC2. The molecule has 0 saturated carbocycles. The number of likely N-dealkylation sites (N-methyl/N-ethyl adjacent to an activating group) is 1. The molecule has 1 unspecified atom stereocenters. The van der Waals surface area contributed by atoms with Gasteiger partial charge in [-0.05, 0) is 49.3 Å². The summed E-state index contributed by atoms with van der Waals surface area (Å²) in [6.07, 6.45) is 4.26. The molecule has 1 N–H and O–H groups in total. The first-order valence-corrected chi connectivity index (χ1v) is 8.84. The van der Waals surface area contributed by atoms with Gasteiger partial charge in [-0.15, -0.1) is 0 Å². The lowest BCUT2D eigenvalue weighted by atomic mass is 9.98. The van der Waals surface area contributed by atoms with E-state index in [-0.39, 0.29) is 24.9 Å². The van der Waals surface area contributed by atoms with Crippen LogP contribution in [0.3, 0.4) is 0 Å². The van der Waals surface area contributed by atoms with E-state index in [1.165, 1.54) is 10.5 Å². The van der Waals surface area contributed by atoms with Crippen molar-refractivity contribution in [3.05, 3.63) is 34.9 Å². The van der Waals surface area contributed by atoms with Gasteiger partial charge in [0.05, 0.1) is 12.5 Å². The molecule has 1 aromatic carbocycles.